The molecule has 0 aromatic heterocycles. The zero-order valence-corrected chi connectivity index (χ0v) is 15.0. The number of nitrogens with zero attached hydrogens (tertiary/aromatic N) is 1. The predicted octanol–water partition coefficient (Wildman–Crippen LogP) is 1.60. The first-order valence-electron chi connectivity index (χ1n) is 8.83. The fourth-order valence-electron chi connectivity index (χ4n) is 3.09. The molecule has 2 rings (SSSR count). The van der Waals surface area contributed by atoms with E-state index in [1.54, 1.807) is 5.06 Å². The Labute approximate surface area is 139 Å². The lowest BCUT2D eigenvalue weighted by molar-refractivity contribution is -0.210. The van der Waals surface area contributed by atoms with Crippen LogP contribution in [0.5, 0.6) is 0 Å². The number of carbonyl (C=O) groups excluding carboxylic acids is 1. The first kappa shape index (κ1) is 18.6. The molecule has 0 bridgehead atoms. The van der Waals surface area contributed by atoms with Gasteiger partial charge in [-0.25, -0.2) is 4.79 Å². The zero-order chi connectivity index (χ0) is 16.9. The topological polar surface area (TPSA) is 60.0 Å². The fourth-order valence-corrected chi connectivity index (χ4v) is 3.09. The van der Waals surface area contributed by atoms with E-state index in [4.69, 9.17) is 14.3 Å². The van der Waals surface area contributed by atoms with Crippen LogP contribution in [-0.2, 0) is 19.1 Å². The van der Waals surface area contributed by atoms with Crippen LogP contribution < -0.4 is 5.32 Å². The van der Waals surface area contributed by atoms with Gasteiger partial charge in [0.25, 0.3) is 0 Å². The maximum absolute atomic E-state index is 12.0. The van der Waals surface area contributed by atoms with Crippen LogP contribution in [0.2, 0.25) is 0 Å². The number of hydrogen-bond acceptors (Lipinski definition) is 6. The Bertz CT molecular complexity index is 369. The molecule has 0 aromatic carbocycles. The molecule has 2 unspecified atom stereocenters. The van der Waals surface area contributed by atoms with Gasteiger partial charge in [0.05, 0.1) is 24.2 Å². The Kier molecular flexibility index (Phi) is 6.83. The molecule has 0 aromatic rings. The summed E-state index contributed by atoms with van der Waals surface area (Å²) < 4.78 is 11.9. The molecule has 23 heavy (non-hydrogen) atoms. The zero-order valence-electron chi connectivity index (χ0n) is 15.0. The van der Waals surface area contributed by atoms with Crippen molar-refractivity contribution in [1.82, 2.24) is 10.4 Å². The molecule has 2 saturated heterocycles. The van der Waals surface area contributed by atoms with E-state index in [0.717, 1.165) is 45.6 Å². The first-order valence-corrected chi connectivity index (χ1v) is 8.83. The molecule has 2 heterocycles. The number of hydroxylamine groups is 2. The SMILES string of the molecule is CCOC(C1CCN(OC(=O)C(C)(C)C)CC1)C1CNCCO1. The molecule has 1 N–H and O–H groups in total. The van der Waals surface area contributed by atoms with Crippen molar-refractivity contribution < 1.29 is 19.1 Å². The summed E-state index contributed by atoms with van der Waals surface area (Å²) in [6, 6.07) is 0. The largest absolute Gasteiger partial charge is 0.375 e. The Morgan fingerprint density at radius 3 is 2.57 bits per heavy atom. The molecule has 0 amide bonds. The van der Waals surface area contributed by atoms with Crippen molar-refractivity contribution in [1.29, 1.82) is 0 Å². The van der Waals surface area contributed by atoms with Gasteiger partial charge in [-0.1, -0.05) is 0 Å². The van der Waals surface area contributed by atoms with E-state index in [0.29, 0.717) is 12.5 Å². The summed E-state index contributed by atoms with van der Waals surface area (Å²) in [6.07, 6.45) is 2.16. The average Bonchev–Trinajstić information content (AvgIpc) is 2.53. The van der Waals surface area contributed by atoms with Crippen LogP contribution in [0.3, 0.4) is 0 Å². The summed E-state index contributed by atoms with van der Waals surface area (Å²) in [5.74, 6) is 0.279. The lowest BCUT2D eigenvalue weighted by Crippen LogP contribution is -2.51. The highest BCUT2D eigenvalue weighted by Gasteiger charge is 2.36. The van der Waals surface area contributed by atoms with E-state index >= 15 is 0 Å². The van der Waals surface area contributed by atoms with Crippen molar-refractivity contribution in [3.05, 3.63) is 0 Å². The van der Waals surface area contributed by atoms with E-state index in [1.165, 1.54) is 0 Å². The van der Waals surface area contributed by atoms with Crippen molar-refractivity contribution in [2.45, 2.75) is 52.7 Å². The van der Waals surface area contributed by atoms with Crippen LogP contribution in [0.15, 0.2) is 0 Å². The van der Waals surface area contributed by atoms with E-state index in [1.807, 2.05) is 27.7 Å². The van der Waals surface area contributed by atoms with Gasteiger partial charge in [-0.2, -0.15) is 0 Å². The highest BCUT2D eigenvalue weighted by Crippen LogP contribution is 2.27. The average molecular weight is 328 g/mol. The van der Waals surface area contributed by atoms with Gasteiger partial charge < -0.3 is 19.6 Å². The molecular weight excluding hydrogens is 296 g/mol. The molecule has 6 heteroatoms. The van der Waals surface area contributed by atoms with E-state index in [2.05, 4.69) is 5.32 Å². The van der Waals surface area contributed by atoms with Crippen molar-refractivity contribution in [2.75, 3.05) is 39.4 Å². The van der Waals surface area contributed by atoms with Crippen LogP contribution in [-0.4, -0.2) is 62.6 Å². The third-order valence-corrected chi connectivity index (χ3v) is 4.47. The van der Waals surface area contributed by atoms with Gasteiger partial charge in [-0.3, -0.25) is 0 Å². The molecule has 2 aliphatic heterocycles. The number of piperidine rings is 1. The smallest absolute Gasteiger partial charge is 0.330 e. The quantitative estimate of drug-likeness (QED) is 0.827. The summed E-state index contributed by atoms with van der Waals surface area (Å²) in [4.78, 5) is 17.5. The highest BCUT2D eigenvalue weighted by atomic mass is 16.7. The molecule has 2 aliphatic rings. The second-order valence-electron chi connectivity index (χ2n) is 7.43. The third-order valence-electron chi connectivity index (χ3n) is 4.47. The molecule has 0 saturated carbocycles. The summed E-state index contributed by atoms with van der Waals surface area (Å²) in [5.41, 5.74) is -0.466. The van der Waals surface area contributed by atoms with Gasteiger partial charge in [0.2, 0.25) is 0 Å². The highest BCUT2D eigenvalue weighted by molar-refractivity contribution is 5.75. The normalized spacial score (nSPS) is 26.0. The first-order chi connectivity index (χ1) is 10.9. The number of ether oxygens (including phenoxy) is 2. The van der Waals surface area contributed by atoms with E-state index in [-0.39, 0.29) is 18.2 Å². The van der Waals surface area contributed by atoms with Crippen LogP contribution in [0.4, 0.5) is 0 Å². The molecular formula is C17H32N2O4. The number of carbonyl (C=O) groups is 1. The third kappa shape index (κ3) is 5.41. The van der Waals surface area contributed by atoms with Crippen molar-refractivity contribution in [2.24, 2.45) is 11.3 Å². The Morgan fingerprint density at radius 1 is 1.35 bits per heavy atom. The lowest BCUT2D eigenvalue weighted by atomic mass is 9.88. The van der Waals surface area contributed by atoms with Crippen LogP contribution in [0.25, 0.3) is 0 Å². The number of morpholine rings is 1. The second-order valence-corrected chi connectivity index (χ2v) is 7.43. The summed E-state index contributed by atoms with van der Waals surface area (Å²) in [6.45, 7) is 12.4. The van der Waals surface area contributed by atoms with Gasteiger partial charge >= 0.3 is 5.97 Å². The maximum atomic E-state index is 12.0. The standard InChI is InChI=1S/C17H32N2O4/c1-5-21-15(14-12-18-8-11-22-14)13-6-9-19(10-7-13)23-16(20)17(2,3)4/h13-15,18H,5-12H2,1-4H3. The number of hydrogen-bond donors (Lipinski definition) is 1. The maximum Gasteiger partial charge on any atom is 0.330 e. The van der Waals surface area contributed by atoms with E-state index < -0.39 is 5.41 Å². The van der Waals surface area contributed by atoms with Crippen LogP contribution >= 0.6 is 0 Å². The monoisotopic (exact) mass is 328 g/mol. The predicted molar refractivity (Wildman–Crippen MR) is 87.9 cm³/mol. The summed E-state index contributed by atoms with van der Waals surface area (Å²) in [7, 11) is 0. The second kappa shape index (κ2) is 8.42. The van der Waals surface area contributed by atoms with Crippen LogP contribution in [0.1, 0.15) is 40.5 Å². The minimum atomic E-state index is -0.466. The minimum Gasteiger partial charge on any atom is -0.375 e. The molecule has 0 spiro atoms. The summed E-state index contributed by atoms with van der Waals surface area (Å²) in [5, 5.41) is 5.18. The van der Waals surface area contributed by atoms with Crippen molar-refractivity contribution in [3.8, 4) is 0 Å². The Hall–Kier alpha value is -0.690. The lowest BCUT2D eigenvalue weighted by Gasteiger charge is -2.39. The van der Waals surface area contributed by atoms with Gasteiger partial charge in [0, 0.05) is 32.8 Å². The van der Waals surface area contributed by atoms with Gasteiger partial charge in [0.15, 0.2) is 0 Å². The Balaban J connectivity index is 1.84. The molecule has 6 nitrogen and oxygen atoms in total. The number of nitrogens with one attached hydrogen (secondary N) is 1. The minimum absolute atomic E-state index is 0.119. The Morgan fingerprint density at radius 2 is 2.04 bits per heavy atom. The molecule has 2 fully saturated rings. The molecule has 2 atom stereocenters. The summed E-state index contributed by atoms with van der Waals surface area (Å²) >= 11 is 0. The molecule has 0 aliphatic carbocycles. The van der Waals surface area contributed by atoms with Gasteiger partial charge in [-0.05, 0) is 46.5 Å². The molecule has 0 radical (unpaired) electrons. The number of rotatable bonds is 5. The fraction of sp³-hybridized carbons (Fsp3) is 0.941. The van der Waals surface area contributed by atoms with Crippen LogP contribution in [0, 0.1) is 11.3 Å². The van der Waals surface area contributed by atoms with Crippen molar-refractivity contribution in [3.63, 3.8) is 0 Å². The van der Waals surface area contributed by atoms with E-state index in [9.17, 15) is 4.79 Å². The van der Waals surface area contributed by atoms with Gasteiger partial charge in [0.1, 0.15) is 0 Å². The van der Waals surface area contributed by atoms with Gasteiger partial charge in [-0.15, -0.1) is 5.06 Å². The van der Waals surface area contributed by atoms with Crippen molar-refractivity contribution >= 4 is 5.97 Å². The molecule has 134 valence electrons.